The van der Waals surface area contributed by atoms with Crippen molar-refractivity contribution >= 4 is 11.7 Å². The Labute approximate surface area is 99.1 Å². The van der Waals surface area contributed by atoms with Crippen LogP contribution >= 0.6 is 0 Å². The van der Waals surface area contributed by atoms with E-state index in [9.17, 15) is 4.79 Å². The predicted molar refractivity (Wildman–Crippen MR) is 62.3 cm³/mol. The molecule has 0 spiro atoms. The third-order valence-corrected chi connectivity index (χ3v) is 2.73. The Morgan fingerprint density at radius 1 is 1.41 bits per heavy atom. The van der Waals surface area contributed by atoms with Gasteiger partial charge in [0.15, 0.2) is 5.75 Å². The molecule has 2 rings (SSSR count). The summed E-state index contributed by atoms with van der Waals surface area (Å²) in [6.07, 6.45) is 1.49. The second-order valence-electron chi connectivity index (χ2n) is 3.96. The van der Waals surface area contributed by atoms with Crippen molar-refractivity contribution in [3.63, 3.8) is 0 Å². The zero-order valence-corrected chi connectivity index (χ0v) is 9.39. The molecular formula is C12H15NO4. The number of hydrogen-bond acceptors (Lipinski definition) is 4. The maximum absolute atomic E-state index is 11.1. The standard InChI is InChI=1S/C12H15NO4/c13-10-3-1-2-9(12(14)15)11(10)17-8-4-6-16-7-5-8/h1-3,8H,4-7,13H2,(H,14,15). The molecule has 3 N–H and O–H groups in total. The number of rotatable bonds is 3. The molecule has 0 aliphatic carbocycles. The maximum Gasteiger partial charge on any atom is 0.339 e. The molecular weight excluding hydrogens is 222 g/mol. The van der Waals surface area contributed by atoms with E-state index in [1.54, 1.807) is 12.1 Å². The smallest absolute Gasteiger partial charge is 0.339 e. The lowest BCUT2D eigenvalue weighted by Crippen LogP contribution is -2.26. The Balaban J connectivity index is 2.21. The van der Waals surface area contributed by atoms with Gasteiger partial charge in [-0.3, -0.25) is 0 Å². The summed E-state index contributed by atoms with van der Waals surface area (Å²) < 4.78 is 10.9. The summed E-state index contributed by atoms with van der Waals surface area (Å²) in [6.45, 7) is 1.28. The van der Waals surface area contributed by atoms with Crippen LogP contribution in [0, 0.1) is 0 Å². The molecule has 1 fully saturated rings. The van der Waals surface area contributed by atoms with Gasteiger partial charge >= 0.3 is 5.97 Å². The van der Waals surface area contributed by atoms with Gasteiger partial charge in [0.2, 0.25) is 0 Å². The molecule has 5 nitrogen and oxygen atoms in total. The lowest BCUT2D eigenvalue weighted by atomic mass is 10.1. The van der Waals surface area contributed by atoms with Gasteiger partial charge in [-0.15, -0.1) is 0 Å². The van der Waals surface area contributed by atoms with Crippen molar-refractivity contribution in [2.24, 2.45) is 0 Å². The summed E-state index contributed by atoms with van der Waals surface area (Å²) in [6, 6.07) is 4.74. The Morgan fingerprint density at radius 2 is 2.12 bits per heavy atom. The Morgan fingerprint density at radius 3 is 2.76 bits per heavy atom. The molecule has 0 atom stereocenters. The fraction of sp³-hybridized carbons (Fsp3) is 0.417. The average molecular weight is 237 g/mol. The van der Waals surface area contributed by atoms with Crippen molar-refractivity contribution in [3.05, 3.63) is 23.8 Å². The highest BCUT2D eigenvalue weighted by Crippen LogP contribution is 2.29. The molecule has 5 heteroatoms. The highest BCUT2D eigenvalue weighted by Gasteiger charge is 2.20. The number of carbonyl (C=O) groups is 1. The number of para-hydroxylation sites is 1. The number of benzene rings is 1. The van der Waals surface area contributed by atoms with Gasteiger partial charge in [0.25, 0.3) is 0 Å². The summed E-state index contributed by atoms with van der Waals surface area (Å²) in [5.41, 5.74) is 6.22. The maximum atomic E-state index is 11.1. The minimum Gasteiger partial charge on any atom is -0.487 e. The monoisotopic (exact) mass is 237 g/mol. The first kappa shape index (κ1) is 11.7. The van der Waals surface area contributed by atoms with E-state index < -0.39 is 5.97 Å². The van der Waals surface area contributed by atoms with Crippen molar-refractivity contribution in [3.8, 4) is 5.75 Å². The van der Waals surface area contributed by atoms with Gasteiger partial charge in [-0.25, -0.2) is 4.79 Å². The van der Waals surface area contributed by atoms with Gasteiger partial charge in [-0.2, -0.15) is 0 Å². The van der Waals surface area contributed by atoms with Crippen molar-refractivity contribution < 1.29 is 19.4 Å². The number of nitrogens with two attached hydrogens (primary N) is 1. The first-order chi connectivity index (χ1) is 8.18. The van der Waals surface area contributed by atoms with Crippen LogP contribution in [-0.2, 0) is 4.74 Å². The van der Waals surface area contributed by atoms with Gasteiger partial charge in [0, 0.05) is 12.8 Å². The topological polar surface area (TPSA) is 81.8 Å². The van der Waals surface area contributed by atoms with Gasteiger partial charge in [-0.1, -0.05) is 6.07 Å². The number of anilines is 1. The SMILES string of the molecule is Nc1cccc(C(=O)O)c1OC1CCOCC1. The molecule has 0 aromatic heterocycles. The largest absolute Gasteiger partial charge is 0.487 e. The van der Waals surface area contributed by atoms with E-state index in [0.717, 1.165) is 12.8 Å². The Kier molecular flexibility index (Phi) is 3.49. The highest BCUT2D eigenvalue weighted by atomic mass is 16.5. The molecule has 1 aliphatic heterocycles. The van der Waals surface area contributed by atoms with Crippen LogP contribution in [-0.4, -0.2) is 30.4 Å². The molecule has 1 heterocycles. The second kappa shape index (κ2) is 5.05. The molecule has 92 valence electrons. The molecule has 0 unspecified atom stereocenters. The number of aromatic carboxylic acids is 1. The van der Waals surface area contributed by atoms with E-state index in [2.05, 4.69) is 0 Å². The van der Waals surface area contributed by atoms with Crippen LogP contribution in [0.4, 0.5) is 5.69 Å². The molecule has 0 radical (unpaired) electrons. The molecule has 1 saturated heterocycles. The van der Waals surface area contributed by atoms with Crippen LogP contribution in [0.15, 0.2) is 18.2 Å². The van der Waals surface area contributed by atoms with Crippen LogP contribution in [0.3, 0.4) is 0 Å². The number of hydrogen-bond donors (Lipinski definition) is 2. The normalized spacial score (nSPS) is 16.7. The Bertz CT molecular complexity index is 413. The zero-order chi connectivity index (χ0) is 12.3. The summed E-state index contributed by atoms with van der Waals surface area (Å²) in [7, 11) is 0. The van der Waals surface area contributed by atoms with Gasteiger partial charge in [0.1, 0.15) is 11.7 Å². The first-order valence-corrected chi connectivity index (χ1v) is 5.54. The van der Waals surface area contributed by atoms with Crippen molar-refractivity contribution in [2.45, 2.75) is 18.9 Å². The first-order valence-electron chi connectivity index (χ1n) is 5.54. The molecule has 17 heavy (non-hydrogen) atoms. The zero-order valence-electron chi connectivity index (χ0n) is 9.39. The predicted octanol–water partition coefficient (Wildman–Crippen LogP) is 1.52. The van der Waals surface area contributed by atoms with Crippen LogP contribution in [0.2, 0.25) is 0 Å². The summed E-state index contributed by atoms with van der Waals surface area (Å²) in [4.78, 5) is 11.1. The molecule has 1 aromatic carbocycles. The fourth-order valence-electron chi connectivity index (χ4n) is 1.82. The number of carboxylic acids is 1. The third kappa shape index (κ3) is 2.68. The average Bonchev–Trinajstić information content (AvgIpc) is 2.33. The van der Waals surface area contributed by atoms with Crippen LogP contribution in [0.5, 0.6) is 5.75 Å². The van der Waals surface area contributed by atoms with Gasteiger partial charge < -0.3 is 20.3 Å². The molecule has 0 bridgehead atoms. The van der Waals surface area contributed by atoms with Crippen molar-refractivity contribution in [1.29, 1.82) is 0 Å². The lowest BCUT2D eigenvalue weighted by Gasteiger charge is -2.24. The van der Waals surface area contributed by atoms with Crippen molar-refractivity contribution in [1.82, 2.24) is 0 Å². The van der Waals surface area contributed by atoms with Crippen LogP contribution in [0.1, 0.15) is 23.2 Å². The van der Waals surface area contributed by atoms with E-state index in [0.29, 0.717) is 18.9 Å². The lowest BCUT2D eigenvalue weighted by molar-refractivity contribution is 0.0251. The Hall–Kier alpha value is -1.75. The minimum atomic E-state index is -1.03. The number of nitrogen functional groups attached to an aromatic ring is 1. The van der Waals surface area contributed by atoms with Crippen LogP contribution in [0.25, 0.3) is 0 Å². The van der Waals surface area contributed by atoms with E-state index in [-0.39, 0.29) is 17.4 Å². The molecule has 1 aliphatic rings. The number of ether oxygens (including phenoxy) is 2. The molecule has 0 saturated carbocycles. The number of carboxylic acid groups (broad SMARTS) is 1. The van der Waals surface area contributed by atoms with Gasteiger partial charge in [-0.05, 0) is 12.1 Å². The summed E-state index contributed by atoms with van der Waals surface area (Å²) >= 11 is 0. The third-order valence-electron chi connectivity index (χ3n) is 2.73. The highest BCUT2D eigenvalue weighted by molar-refractivity contribution is 5.93. The minimum absolute atomic E-state index is 0.0217. The second-order valence-corrected chi connectivity index (χ2v) is 3.96. The quantitative estimate of drug-likeness (QED) is 0.779. The summed E-state index contributed by atoms with van der Waals surface area (Å²) in [5.74, 6) is -0.758. The van der Waals surface area contributed by atoms with Gasteiger partial charge in [0.05, 0.1) is 18.9 Å². The summed E-state index contributed by atoms with van der Waals surface area (Å²) in [5, 5.41) is 9.06. The van der Waals surface area contributed by atoms with Crippen LogP contribution < -0.4 is 10.5 Å². The molecule has 1 aromatic rings. The van der Waals surface area contributed by atoms with Crippen molar-refractivity contribution in [2.75, 3.05) is 18.9 Å². The fourth-order valence-corrected chi connectivity index (χ4v) is 1.82. The van der Waals surface area contributed by atoms with E-state index >= 15 is 0 Å². The molecule has 0 amide bonds. The van der Waals surface area contributed by atoms with E-state index in [4.69, 9.17) is 20.3 Å². The van der Waals surface area contributed by atoms with E-state index in [1.807, 2.05) is 0 Å². The van der Waals surface area contributed by atoms with E-state index in [1.165, 1.54) is 6.07 Å².